The monoisotopic (exact) mass is 166 g/mol. The van der Waals surface area contributed by atoms with Crippen molar-refractivity contribution in [2.24, 2.45) is 5.41 Å². The van der Waals surface area contributed by atoms with Crippen LogP contribution in [0.1, 0.15) is 38.7 Å². The normalized spacial score (nSPS) is 12.0. The fourth-order valence-corrected chi connectivity index (χ4v) is 1.18. The molecule has 0 amide bonds. The van der Waals surface area contributed by atoms with E-state index < -0.39 is 0 Å². The second-order valence-corrected chi connectivity index (χ2v) is 4.21. The molecule has 0 bridgehead atoms. The van der Waals surface area contributed by atoms with E-state index in [9.17, 15) is 0 Å². The van der Waals surface area contributed by atoms with Gasteiger partial charge in [-0.3, -0.25) is 0 Å². The van der Waals surface area contributed by atoms with Crippen molar-refractivity contribution in [1.29, 1.82) is 0 Å². The van der Waals surface area contributed by atoms with Gasteiger partial charge in [0, 0.05) is 6.42 Å². The van der Waals surface area contributed by atoms with E-state index in [2.05, 4.69) is 26.8 Å². The smallest absolute Gasteiger partial charge is 0.104 e. The Morgan fingerprint density at radius 2 is 2.00 bits per heavy atom. The molecule has 0 fully saturated rings. The standard InChI is InChI=1S/C11H18O/c1-5-11(3,4)8-10-7-6-9(2)12-10/h6-7H,5,8H2,1-4H3. The third-order valence-corrected chi connectivity index (χ3v) is 2.41. The Morgan fingerprint density at radius 3 is 2.42 bits per heavy atom. The third kappa shape index (κ3) is 2.40. The molecule has 1 heteroatoms. The van der Waals surface area contributed by atoms with Crippen LogP contribution in [-0.4, -0.2) is 0 Å². The minimum absolute atomic E-state index is 0.365. The minimum Gasteiger partial charge on any atom is -0.466 e. The third-order valence-electron chi connectivity index (χ3n) is 2.41. The summed E-state index contributed by atoms with van der Waals surface area (Å²) in [6.07, 6.45) is 2.23. The van der Waals surface area contributed by atoms with Gasteiger partial charge in [-0.2, -0.15) is 0 Å². The van der Waals surface area contributed by atoms with Crippen molar-refractivity contribution in [1.82, 2.24) is 0 Å². The summed E-state index contributed by atoms with van der Waals surface area (Å²) in [7, 11) is 0. The van der Waals surface area contributed by atoms with Gasteiger partial charge < -0.3 is 4.42 Å². The summed E-state index contributed by atoms with van der Waals surface area (Å²) in [6.45, 7) is 8.74. The number of aryl methyl sites for hydroxylation is 1. The fourth-order valence-electron chi connectivity index (χ4n) is 1.18. The maximum absolute atomic E-state index is 5.52. The molecule has 0 aromatic carbocycles. The Morgan fingerprint density at radius 1 is 1.33 bits per heavy atom. The molecule has 1 heterocycles. The molecule has 1 nitrogen and oxygen atoms in total. The molecular weight excluding hydrogens is 148 g/mol. The Kier molecular flexibility index (Phi) is 2.61. The van der Waals surface area contributed by atoms with E-state index in [1.54, 1.807) is 0 Å². The predicted octanol–water partition coefficient (Wildman–Crippen LogP) is 3.57. The van der Waals surface area contributed by atoms with Gasteiger partial charge in [-0.05, 0) is 24.5 Å². The first-order chi connectivity index (χ1) is 5.53. The van der Waals surface area contributed by atoms with Crippen LogP contribution < -0.4 is 0 Å². The zero-order chi connectivity index (χ0) is 9.19. The van der Waals surface area contributed by atoms with Gasteiger partial charge >= 0.3 is 0 Å². The van der Waals surface area contributed by atoms with Crippen LogP contribution in [0.3, 0.4) is 0 Å². The molecule has 0 saturated heterocycles. The lowest BCUT2D eigenvalue weighted by Gasteiger charge is -2.20. The lowest BCUT2D eigenvalue weighted by atomic mass is 9.86. The first kappa shape index (κ1) is 9.37. The zero-order valence-corrected chi connectivity index (χ0v) is 8.48. The molecule has 0 unspecified atom stereocenters. The molecule has 0 aliphatic carbocycles. The molecule has 0 radical (unpaired) electrons. The fraction of sp³-hybridized carbons (Fsp3) is 0.636. The van der Waals surface area contributed by atoms with Gasteiger partial charge in [0.15, 0.2) is 0 Å². The minimum atomic E-state index is 0.365. The van der Waals surface area contributed by atoms with E-state index in [1.807, 2.05) is 13.0 Å². The summed E-state index contributed by atoms with van der Waals surface area (Å²) in [5.41, 5.74) is 0.365. The maximum Gasteiger partial charge on any atom is 0.104 e. The number of hydrogen-bond acceptors (Lipinski definition) is 1. The quantitative estimate of drug-likeness (QED) is 0.669. The summed E-state index contributed by atoms with van der Waals surface area (Å²) in [5, 5.41) is 0. The highest BCUT2D eigenvalue weighted by Crippen LogP contribution is 2.25. The van der Waals surface area contributed by atoms with E-state index in [0.717, 1.165) is 17.9 Å². The lowest BCUT2D eigenvalue weighted by molar-refractivity contribution is 0.314. The van der Waals surface area contributed by atoms with Gasteiger partial charge in [0.05, 0.1) is 0 Å². The Balaban J connectivity index is 2.63. The molecule has 12 heavy (non-hydrogen) atoms. The largest absolute Gasteiger partial charge is 0.466 e. The van der Waals surface area contributed by atoms with Crippen LogP contribution in [0.15, 0.2) is 16.5 Å². The summed E-state index contributed by atoms with van der Waals surface area (Å²) in [4.78, 5) is 0. The van der Waals surface area contributed by atoms with Crippen LogP contribution in [0.25, 0.3) is 0 Å². The van der Waals surface area contributed by atoms with Crippen LogP contribution >= 0.6 is 0 Å². The van der Waals surface area contributed by atoms with E-state index in [4.69, 9.17) is 4.42 Å². The van der Waals surface area contributed by atoms with Gasteiger partial charge in [0.2, 0.25) is 0 Å². The number of furan rings is 1. The van der Waals surface area contributed by atoms with Crippen LogP contribution in [-0.2, 0) is 6.42 Å². The highest BCUT2D eigenvalue weighted by Gasteiger charge is 2.17. The molecule has 0 saturated carbocycles. The van der Waals surface area contributed by atoms with Gasteiger partial charge in [0.25, 0.3) is 0 Å². The Hall–Kier alpha value is -0.720. The topological polar surface area (TPSA) is 13.1 Å². The molecule has 0 spiro atoms. The van der Waals surface area contributed by atoms with Crippen LogP contribution in [0.2, 0.25) is 0 Å². The van der Waals surface area contributed by atoms with E-state index >= 15 is 0 Å². The Labute approximate surface area is 74.8 Å². The summed E-state index contributed by atoms with van der Waals surface area (Å²) in [5.74, 6) is 2.12. The lowest BCUT2D eigenvalue weighted by Crippen LogP contribution is -2.12. The Bertz CT molecular complexity index is 245. The van der Waals surface area contributed by atoms with E-state index in [1.165, 1.54) is 6.42 Å². The van der Waals surface area contributed by atoms with Crippen LogP contribution in [0.4, 0.5) is 0 Å². The van der Waals surface area contributed by atoms with Crippen molar-refractivity contribution in [2.75, 3.05) is 0 Å². The molecule has 0 atom stereocenters. The van der Waals surface area contributed by atoms with Gasteiger partial charge in [-0.25, -0.2) is 0 Å². The summed E-state index contributed by atoms with van der Waals surface area (Å²) < 4.78 is 5.52. The van der Waals surface area contributed by atoms with Gasteiger partial charge in [-0.15, -0.1) is 0 Å². The molecule has 0 aliphatic rings. The molecule has 1 aromatic heterocycles. The maximum atomic E-state index is 5.52. The van der Waals surface area contributed by atoms with Gasteiger partial charge in [-0.1, -0.05) is 27.2 Å². The number of hydrogen-bond donors (Lipinski definition) is 0. The first-order valence-electron chi connectivity index (χ1n) is 4.59. The molecule has 0 aliphatic heterocycles. The molecule has 68 valence electrons. The average molecular weight is 166 g/mol. The van der Waals surface area contributed by atoms with Crippen LogP contribution in [0.5, 0.6) is 0 Å². The van der Waals surface area contributed by atoms with Crippen molar-refractivity contribution in [3.8, 4) is 0 Å². The van der Waals surface area contributed by atoms with Crippen LogP contribution in [0, 0.1) is 12.3 Å². The van der Waals surface area contributed by atoms with E-state index in [0.29, 0.717) is 5.41 Å². The highest BCUT2D eigenvalue weighted by atomic mass is 16.3. The van der Waals surface area contributed by atoms with Crippen molar-refractivity contribution in [3.63, 3.8) is 0 Å². The first-order valence-corrected chi connectivity index (χ1v) is 4.59. The van der Waals surface area contributed by atoms with E-state index in [-0.39, 0.29) is 0 Å². The second-order valence-electron chi connectivity index (χ2n) is 4.21. The highest BCUT2D eigenvalue weighted by molar-refractivity contribution is 5.07. The zero-order valence-electron chi connectivity index (χ0n) is 8.48. The molecule has 0 N–H and O–H groups in total. The molecular formula is C11H18O. The average Bonchev–Trinajstić information content (AvgIpc) is 2.35. The van der Waals surface area contributed by atoms with Crippen molar-refractivity contribution in [3.05, 3.63) is 23.7 Å². The predicted molar refractivity (Wildman–Crippen MR) is 51.2 cm³/mol. The van der Waals surface area contributed by atoms with Gasteiger partial charge in [0.1, 0.15) is 11.5 Å². The van der Waals surface area contributed by atoms with Crippen molar-refractivity contribution in [2.45, 2.75) is 40.5 Å². The SMILES string of the molecule is CCC(C)(C)Cc1ccc(C)o1. The summed E-state index contributed by atoms with van der Waals surface area (Å²) >= 11 is 0. The number of rotatable bonds is 3. The van der Waals surface area contributed by atoms with Crippen molar-refractivity contribution < 1.29 is 4.42 Å². The molecule has 1 aromatic rings. The molecule has 1 rings (SSSR count). The summed E-state index contributed by atoms with van der Waals surface area (Å²) in [6, 6.07) is 4.10. The van der Waals surface area contributed by atoms with Crippen molar-refractivity contribution >= 4 is 0 Å². The second kappa shape index (κ2) is 3.34.